The van der Waals surface area contributed by atoms with Crippen LogP contribution in [0.1, 0.15) is 16.8 Å². The number of anilines is 1. The summed E-state index contributed by atoms with van der Waals surface area (Å²) in [5.74, 6) is -1.90. The van der Waals surface area contributed by atoms with Gasteiger partial charge in [0.1, 0.15) is 17.2 Å². The van der Waals surface area contributed by atoms with Crippen molar-refractivity contribution in [2.45, 2.75) is 12.5 Å². The van der Waals surface area contributed by atoms with Gasteiger partial charge in [0.15, 0.2) is 0 Å². The number of nitrogens with zero attached hydrogens (tertiary/aromatic N) is 1. The van der Waals surface area contributed by atoms with E-state index in [2.05, 4.69) is 10.3 Å². The molecule has 0 saturated heterocycles. The third kappa shape index (κ3) is 4.27. The third-order valence-corrected chi connectivity index (χ3v) is 2.21. The van der Waals surface area contributed by atoms with E-state index in [1.807, 2.05) is 0 Å². The minimum atomic E-state index is -1.26. The third-order valence-electron chi connectivity index (χ3n) is 2.21. The highest BCUT2D eigenvalue weighted by atomic mass is 19.1. The number of rotatable bonds is 7. The first-order chi connectivity index (χ1) is 8.54. The van der Waals surface area contributed by atoms with Crippen LogP contribution in [0.5, 0.6) is 0 Å². The van der Waals surface area contributed by atoms with Crippen molar-refractivity contribution in [3.63, 3.8) is 0 Å². The van der Waals surface area contributed by atoms with Gasteiger partial charge in [0.2, 0.25) is 0 Å². The zero-order valence-electron chi connectivity index (χ0n) is 9.89. The zero-order valence-corrected chi connectivity index (χ0v) is 9.89. The second-order valence-corrected chi connectivity index (χ2v) is 3.68. The maximum atomic E-state index is 12.8. The first-order valence-corrected chi connectivity index (χ1v) is 5.34. The number of methoxy groups -OCH3 is 1. The lowest BCUT2D eigenvalue weighted by Crippen LogP contribution is -2.19. The molecule has 0 aromatic carbocycles. The summed E-state index contributed by atoms with van der Waals surface area (Å²) in [5, 5.41) is 21.0. The van der Waals surface area contributed by atoms with E-state index in [0.29, 0.717) is 13.0 Å². The first kappa shape index (κ1) is 14.3. The van der Waals surface area contributed by atoms with Crippen LogP contribution >= 0.6 is 0 Å². The number of halogens is 1. The number of carboxylic acids is 1. The summed E-state index contributed by atoms with van der Waals surface area (Å²) in [6.07, 6.45) is 0.656. The van der Waals surface area contributed by atoms with Crippen LogP contribution in [0.3, 0.4) is 0 Å². The number of carboxylic acid groups (broad SMARTS) is 1. The van der Waals surface area contributed by atoms with E-state index in [0.717, 1.165) is 12.3 Å². The van der Waals surface area contributed by atoms with Crippen molar-refractivity contribution >= 4 is 11.8 Å². The number of nitrogens with one attached hydrogen (secondary N) is 1. The van der Waals surface area contributed by atoms with Crippen LogP contribution in [0, 0.1) is 5.82 Å². The number of pyridine rings is 1. The van der Waals surface area contributed by atoms with Gasteiger partial charge in [0.25, 0.3) is 0 Å². The molecule has 7 heteroatoms. The Labute approximate surface area is 103 Å². The van der Waals surface area contributed by atoms with Crippen LogP contribution in [-0.4, -0.2) is 47.5 Å². The number of aromatic nitrogens is 1. The number of carbonyl (C=O) groups is 1. The average Bonchev–Trinajstić information content (AvgIpc) is 2.31. The molecule has 0 fully saturated rings. The van der Waals surface area contributed by atoms with Crippen LogP contribution in [0.4, 0.5) is 10.2 Å². The summed E-state index contributed by atoms with van der Waals surface area (Å²) in [6.45, 7) is 0.508. The largest absolute Gasteiger partial charge is 0.478 e. The molecule has 0 spiro atoms. The fourth-order valence-electron chi connectivity index (χ4n) is 1.38. The Balaban J connectivity index is 2.59. The summed E-state index contributed by atoms with van der Waals surface area (Å²) < 4.78 is 17.6. The SMILES string of the molecule is COCC(O)CCNc1ncc(F)cc1C(=O)O. The van der Waals surface area contributed by atoms with Gasteiger partial charge in [0.05, 0.1) is 18.9 Å². The zero-order chi connectivity index (χ0) is 13.5. The molecule has 1 atom stereocenters. The van der Waals surface area contributed by atoms with Gasteiger partial charge in [0, 0.05) is 13.7 Å². The summed E-state index contributed by atoms with van der Waals surface area (Å²) >= 11 is 0. The maximum Gasteiger partial charge on any atom is 0.339 e. The predicted molar refractivity (Wildman–Crippen MR) is 62.1 cm³/mol. The fourth-order valence-corrected chi connectivity index (χ4v) is 1.38. The number of aliphatic hydroxyl groups is 1. The van der Waals surface area contributed by atoms with Crippen LogP contribution in [0.25, 0.3) is 0 Å². The number of hydrogen-bond donors (Lipinski definition) is 3. The molecule has 0 aliphatic heterocycles. The van der Waals surface area contributed by atoms with Gasteiger partial charge in [-0.25, -0.2) is 14.2 Å². The van der Waals surface area contributed by atoms with Crippen molar-refractivity contribution in [2.24, 2.45) is 0 Å². The summed E-state index contributed by atoms with van der Waals surface area (Å²) in [6, 6.07) is 0.892. The van der Waals surface area contributed by atoms with Gasteiger partial charge in [-0.15, -0.1) is 0 Å². The minimum Gasteiger partial charge on any atom is -0.478 e. The maximum absolute atomic E-state index is 12.8. The van der Waals surface area contributed by atoms with E-state index in [4.69, 9.17) is 9.84 Å². The van der Waals surface area contributed by atoms with E-state index in [-0.39, 0.29) is 18.0 Å². The Kier molecular flexibility index (Phi) is 5.47. The number of ether oxygens (including phenoxy) is 1. The predicted octanol–water partition coefficient (Wildman–Crippen LogP) is 0.728. The molecule has 0 aliphatic carbocycles. The van der Waals surface area contributed by atoms with Gasteiger partial charge in [-0.3, -0.25) is 0 Å². The Hall–Kier alpha value is -1.73. The number of aromatic carboxylic acids is 1. The molecule has 0 saturated carbocycles. The Bertz CT molecular complexity index is 414. The van der Waals surface area contributed by atoms with Crippen LogP contribution in [0.2, 0.25) is 0 Å². The van der Waals surface area contributed by atoms with Gasteiger partial charge >= 0.3 is 5.97 Å². The van der Waals surface area contributed by atoms with Crippen molar-refractivity contribution in [3.8, 4) is 0 Å². The molecule has 3 N–H and O–H groups in total. The molecule has 6 nitrogen and oxygen atoms in total. The van der Waals surface area contributed by atoms with Crippen LogP contribution in [-0.2, 0) is 4.74 Å². The van der Waals surface area contributed by atoms with Crippen molar-refractivity contribution in [1.82, 2.24) is 4.98 Å². The van der Waals surface area contributed by atoms with Crippen molar-refractivity contribution < 1.29 is 24.1 Å². The summed E-state index contributed by atoms with van der Waals surface area (Å²) in [7, 11) is 1.47. The fraction of sp³-hybridized carbons (Fsp3) is 0.455. The molecular formula is C11H15FN2O4. The molecule has 0 aliphatic rings. The molecule has 18 heavy (non-hydrogen) atoms. The molecule has 0 amide bonds. The van der Waals surface area contributed by atoms with Crippen LogP contribution < -0.4 is 5.32 Å². The molecule has 0 radical (unpaired) electrons. The normalized spacial score (nSPS) is 12.2. The van der Waals surface area contributed by atoms with E-state index < -0.39 is 17.9 Å². The molecule has 100 valence electrons. The lowest BCUT2D eigenvalue weighted by molar-refractivity contribution is 0.0615. The summed E-state index contributed by atoms with van der Waals surface area (Å²) in [4.78, 5) is 14.5. The Morgan fingerprint density at radius 1 is 1.67 bits per heavy atom. The molecule has 1 unspecified atom stereocenters. The standard InChI is InChI=1S/C11H15FN2O4/c1-18-6-8(15)2-3-13-10-9(11(16)17)4-7(12)5-14-10/h4-5,8,15H,2-3,6H2,1H3,(H,13,14)(H,16,17). The van der Waals surface area contributed by atoms with Gasteiger partial charge < -0.3 is 20.3 Å². The minimum absolute atomic E-state index is 0.0773. The van der Waals surface area contributed by atoms with Crippen molar-refractivity contribution in [1.29, 1.82) is 0 Å². The molecule has 1 aromatic heterocycles. The monoisotopic (exact) mass is 258 g/mol. The van der Waals surface area contributed by atoms with E-state index in [9.17, 15) is 14.3 Å². The van der Waals surface area contributed by atoms with Crippen molar-refractivity contribution in [3.05, 3.63) is 23.6 Å². The molecule has 1 rings (SSSR count). The molecule has 1 heterocycles. The first-order valence-electron chi connectivity index (χ1n) is 5.34. The number of aliphatic hydroxyl groups excluding tert-OH is 1. The Morgan fingerprint density at radius 3 is 3.00 bits per heavy atom. The number of hydrogen-bond acceptors (Lipinski definition) is 5. The highest BCUT2D eigenvalue weighted by Crippen LogP contribution is 2.13. The lowest BCUT2D eigenvalue weighted by atomic mass is 10.2. The topological polar surface area (TPSA) is 91.7 Å². The second kappa shape index (κ2) is 6.87. The molecular weight excluding hydrogens is 243 g/mol. The van der Waals surface area contributed by atoms with Gasteiger partial charge in [-0.1, -0.05) is 0 Å². The quantitative estimate of drug-likeness (QED) is 0.667. The molecule has 1 aromatic rings. The average molecular weight is 258 g/mol. The smallest absolute Gasteiger partial charge is 0.339 e. The highest BCUT2D eigenvalue weighted by Gasteiger charge is 2.13. The van der Waals surface area contributed by atoms with Gasteiger partial charge in [-0.2, -0.15) is 0 Å². The van der Waals surface area contributed by atoms with E-state index >= 15 is 0 Å². The van der Waals surface area contributed by atoms with Gasteiger partial charge in [-0.05, 0) is 12.5 Å². The van der Waals surface area contributed by atoms with Crippen molar-refractivity contribution in [2.75, 3.05) is 25.6 Å². The molecule has 0 bridgehead atoms. The summed E-state index contributed by atoms with van der Waals surface area (Å²) in [5.41, 5.74) is -0.240. The lowest BCUT2D eigenvalue weighted by Gasteiger charge is -2.11. The van der Waals surface area contributed by atoms with E-state index in [1.165, 1.54) is 7.11 Å². The highest BCUT2D eigenvalue weighted by molar-refractivity contribution is 5.93. The van der Waals surface area contributed by atoms with E-state index in [1.54, 1.807) is 0 Å². The Morgan fingerprint density at radius 2 is 2.39 bits per heavy atom. The van der Waals surface area contributed by atoms with Crippen LogP contribution in [0.15, 0.2) is 12.3 Å². The second-order valence-electron chi connectivity index (χ2n) is 3.68.